The van der Waals surface area contributed by atoms with Crippen LogP contribution in [-0.4, -0.2) is 24.2 Å². The summed E-state index contributed by atoms with van der Waals surface area (Å²) in [7, 11) is 1.53. The zero-order chi connectivity index (χ0) is 19.6. The summed E-state index contributed by atoms with van der Waals surface area (Å²) in [6.45, 7) is 1.73. The summed E-state index contributed by atoms with van der Waals surface area (Å²) in [5, 5.41) is 15.8. The standard InChI is InChI=1S/C18H14ClN3O5/c1-10-16-14(26-2)4-3-5-15(16)27-17(10)18(23)21-20-9-11-6-7-12(19)8-13(11)22(24)25/h3-9H,1-2H3,(H,21,23)/b20-9+. The average Bonchev–Trinajstić information content (AvgIpc) is 2.99. The number of aryl methyl sites for hydroxylation is 1. The topological polar surface area (TPSA) is 107 Å². The van der Waals surface area contributed by atoms with E-state index < -0.39 is 10.8 Å². The lowest BCUT2D eigenvalue weighted by Crippen LogP contribution is -2.17. The third kappa shape index (κ3) is 3.61. The number of methoxy groups -OCH3 is 1. The molecular weight excluding hydrogens is 374 g/mol. The summed E-state index contributed by atoms with van der Waals surface area (Å²) in [6.07, 6.45) is 1.17. The monoisotopic (exact) mass is 387 g/mol. The number of benzene rings is 2. The van der Waals surface area contributed by atoms with Crippen LogP contribution in [-0.2, 0) is 0 Å². The second-order valence-electron chi connectivity index (χ2n) is 5.55. The smallest absolute Gasteiger partial charge is 0.307 e. The SMILES string of the molecule is COc1cccc2oc(C(=O)N/N=C/c3ccc(Cl)cc3[N+](=O)[O-])c(C)c12. The minimum atomic E-state index is -0.585. The van der Waals surface area contributed by atoms with Crippen molar-refractivity contribution in [3.05, 3.63) is 68.4 Å². The lowest BCUT2D eigenvalue weighted by Gasteiger charge is -2.01. The number of ether oxygens (including phenoxy) is 1. The fourth-order valence-corrected chi connectivity index (χ4v) is 2.81. The lowest BCUT2D eigenvalue weighted by atomic mass is 10.1. The average molecular weight is 388 g/mol. The van der Waals surface area contributed by atoms with Crippen molar-refractivity contribution in [3.8, 4) is 5.75 Å². The summed E-state index contributed by atoms with van der Waals surface area (Å²) in [5.74, 6) is 0.0870. The van der Waals surface area contributed by atoms with E-state index in [-0.39, 0.29) is 22.0 Å². The molecule has 1 N–H and O–H groups in total. The summed E-state index contributed by atoms with van der Waals surface area (Å²) >= 11 is 5.76. The maximum atomic E-state index is 12.4. The van der Waals surface area contributed by atoms with Gasteiger partial charge in [-0.2, -0.15) is 5.10 Å². The van der Waals surface area contributed by atoms with E-state index >= 15 is 0 Å². The number of rotatable bonds is 5. The molecule has 1 amide bonds. The molecule has 0 saturated carbocycles. The van der Waals surface area contributed by atoms with Crippen LogP contribution in [0.1, 0.15) is 21.7 Å². The first-order valence-electron chi connectivity index (χ1n) is 7.76. The molecule has 0 aliphatic heterocycles. The molecule has 0 aliphatic rings. The fourth-order valence-electron chi connectivity index (χ4n) is 2.65. The molecule has 27 heavy (non-hydrogen) atoms. The number of nitrogens with zero attached hydrogens (tertiary/aromatic N) is 2. The Morgan fingerprint density at radius 2 is 2.15 bits per heavy atom. The van der Waals surface area contributed by atoms with Gasteiger partial charge >= 0.3 is 5.91 Å². The van der Waals surface area contributed by atoms with Crippen LogP contribution in [0, 0.1) is 17.0 Å². The Morgan fingerprint density at radius 3 is 2.85 bits per heavy atom. The van der Waals surface area contributed by atoms with Gasteiger partial charge in [-0.3, -0.25) is 14.9 Å². The molecule has 2 aromatic carbocycles. The van der Waals surface area contributed by atoms with Crippen LogP contribution in [0.4, 0.5) is 5.69 Å². The highest BCUT2D eigenvalue weighted by molar-refractivity contribution is 6.30. The number of halogens is 1. The van der Waals surface area contributed by atoms with E-state index in [4.69, 9.17) is 20.8 Å². The summed E-state index contributed by atoms with van der Waals surface area (Å²) in [5.41, 5.74) is 3.40. The van der Waals surface area contributed by atoms with Crippen molar-refractivity contribution in [3.63, 3.8) is 0 Å². The highest BCUT2D eigenvalue weighted by Gasteiger charge is 2.20. The van der Waals surface area contributed by atoms with Crippen LogP contribution in [0.3, 0.4) is 0 Å². The van der Waals surface area contributed by atoms with E-state index in [0.717, 1.165) is 0 Å². The first kappa shape index (κ1) is 18.4. The molecule has 0 unspecified atom stereocenters. The Balaban J connectivity index is 1.85. The number of nitrogens with one attached hydrogen (secondary N) is 1. The van der Waals surface area contributed by atoms with Crippen molar-refractivity contribution in [2.75, 3.05) is 7.11 Å². The predicted molar refractivity (Wildman–Crippen MR) is 101 cm³/mol. The molecular formula is C18H14ClN3O5. The van der Waals surface area contributed by atoms with Gasteiger partial charge in [0.05, 0.1) is 29.2 Å². The number of hydrogen-bond acceptors (Lipinski definition) is 6. The molecule has 3 aromatic rings. The van der Waals surface area contributed by atoms with Gasteiger partial charge in [-0.25, -0.2) is 5.43 Å². The second kappa shape index (κ2) is 7.46. The van der Waals surface area contributed by atoms with Gasteiger partial charge in [-0.1, -0.05) is 17.7 Å². The summed E-state index contributed by atoms with van der Waals surface area (Å²) in [4.78, 5) is 22.9. The number of hydrazone groups is 1. The predicted octanol–water partition coefficient (Wildman–Crippen LogP) is 4.08. The Hall–Kier alpha value is -3.39. The lowest BCUT2D eigenvalue weighted by molar-refractivity contribution is -0.385. The molecule has 1 aromatic heterocycles. The van der Waals surface area contributed by atoms with E-state index in [0.29, 0.717) is 22.3 Å². The van der Waals surface area contributed by atoms with Gasteiger partial charge in [-0.15, -0.1) is 0 Å². The number of amides is 1. The van der Waals surface area contributed by atoms with Crippen molar-refractivity contribution < 1.29 is 18.9 Å². The zero-order valence-electron chi connectivity index (χ0n) is 14.4. The Kier molecular flexibility index (Phi) is 5.09. The number of hydrogen-bond donors (Lipinski definition) is 1. The molecule has 1 heterocycles. The number of carbonyl (C=O) groups is 1. The number of nitro benzene ring substituents is 1. The third-order valence-electron chi connectivity index (χ3n) is 3.90. The van der Waals surface area contributed by atoms with Crippen LogP contribution >= 0.6 is 11.6 Å². The molecule has 0 radical (unpaired) electrons. The van der Waals surface area contributed by atoms with Gasteiger partial charge in [0.15, 0.2) is 5.76 Å². The minimum Gasteiger partial charge on any atom is -0.496 e. The molecule has 0 aliphatic carbocycles. The first-order chi connectivity index (χ1) is 12.9. The zero-order valence-corrected chi connectivity index (χ0v) is 15.1. The fraction of sp³-hybridized carbons (Fsp3) is 0.111. The minimum absolute atomic E-state index is 0.0808. The second-order valence-corrected chi connectivity index (χ2v) is 5.99. The van der Waals surface area contributed by atoms with Crippen molar-refractivity contribution >= 4 is 40.4 Å². The van der Waals surface area contributed by atoms with Gasteiger partial charge in [0.2, 0.25) is 0 Å². The Morgan fingerprint density at radius 1 is 1.37 bits per heavy atom. The third-order valence-corrected chi connectivity index (χ3v) is 4.14. The number of fused-ring (bicyclic) bond motifs is 1. The summed E-state index contributed by atoms with van der Waals surface area (Å²) < 4.78 is 10.9. The van der Waals surface area contributed by atoms with Gasteiger partial charge in [0, 0.05) is 16.7 Å². The molecule has 0 spiro atoms. The molecule has 9 heteroatoms. The largest absolute Gasteiger partial charge is 0.496 e. The number of furan rings is 1. The van der Waals surface area contributed by atoms with Crippen molar-refractivity contribution in [1.29, 1.82) is 0 Å². The van der Waals surface area contributed by atoms with Crippen LogP contribution in [0.5, 0.6) is 5.75 Å². The highest BCUT2D eigenvalue weighted by Crippen LogP contribution is 2.32. The van der Waals surface area contributed by atoms with Gasteiger partial charge in [0.25, 0.3) is 5.69 Å². The van der Waals surface area contributed by atoms with Gasteiger partial charge in [-0.05, 0) is 31.2 Å². The van der Waals surface area contributed by atoms with E-state index in [1.165, 1.54) is 31.5 Å². The number of carbonyl (C=O) groups excluding carboxylic acids is 1. The molecule has 0 bridgehead atoms. The van der Waals surface area contributed by atoms with Crippen LogP contribution < -0.4 is 10.2 Å². The van der Waals surface area contributed by atoms with Crippen LogP contribution in [0.15, 0.2) is 45.9 Å². The van der Waals surface area contributed by atoms with Crippen LogP contribution in [0.2, 0.25) is 5.02 Å². The molecule has 0 saturated heterocycles. The van der Waals surface area contributed by atoms with Gasteiger partial charge < -0.3 is 9.15 Å². The van der Waals surface area contributed by atoms with Crippen molar-refractivity contribution in [2.45, 2.75) is 6.92 Å². The molecule has 0 fully saturated rings. The van der Waals surface area contributed by atoms with E-state index in [1.54, 1.807) is 25.1 Å². The molecule has 8 nitrogen and oxygen atoms in total. The van der Waals surface area contributed by atoms with Crippen molar-refractivity contribution in [2.24, 2.45) is 5.10 Å². The Labute approximate surface area is 158 Å². The summed E-state index contributed by atoms with van der Waals surface area (Å²) in [6, 6.07) is 9.39. The number of nitro groups is 1. The van der Waals surface area contributed by atoms with E-state index in [9.17, 15) is 14.9 Å². The molecule has 138 valence electrons. The maximum absolute atomic E-state index is 12.4. The molecule has 3 rings (SSSR count). The normalized spacial score (nSPS) is 11.1. The highest BCUT2D eigenvalue weighted by atomic mass is 35.5. The Bertz CT molecular complexity index is 1070. The van der Waals surface area contributed by atoms with Gasteiger partial charge in [0.1, 0.15) is 11.3 Å². The van der Waals surface area contributed by atoms with E-state index in [1.807, 2.05) is 0 Å². The van der Waals surface area contributed by atoms with Crippen LogP contribution in [0.25, 0.3) is 11.0 Å². The molecule has 0 atom stereocenters. The quantitative estimate of drug-likeness (QED) is 0.403. The van der Waals surface area contributed by atoms with E-state index in [2.05, 4.69) is 10.5 Å². The maximum Gasteiger partial charge on any atom is 0.307 e. The van der Waals surface area contributed by atoms with Crippen molar-refractivity contribution in [1.82, 2.24) is 5.43 Å². The first-order valence-corrected chi connectivity index (χ1v) is 8.13.